The Morgan fingerprint density at radius 1 is 0.857 bits per heavy atom. The maximum absolute atomic E-state index is 5.82. The molecular weight excluding hydrogens is 258 g/mol. The van der Waals surface area contributed by atoms with Gasteiger partial charge in [0.05, 0.1) is 0 Å². The van der Waals surface area contributed by atoms with Gasteiger partial charge in [-0.3, -0.25) is 0 Å². The van der Waals surface area contributed by atoms with Gasteiger partial charge in [0, 0.05) is 0 Å². The van der Waals surface area contributed by atoms with Crippen molar-refractivity contribution >= 4 is 0 Å². The normalized spacial score (nSPS) is 11.4. The lowest BCUT2D eigenvalue weighted by atomic mass is 9.87. The summed E-state index contributed by atoms with van der Waals surface area (Å²) < 4.78 is 5.82. The van der Waals surface area contributed by atoms with E-state index in [1.165, 1.54) is 16.7 Å². The third-order valence-corrected chi connectivity index (χ3v) is 3.58. The van der Waals surface area contributed by atoms with E-state index < -0.39 is 0 Å². The van der Waals surface area contributed by atoms with Crippen molar-refractivity contribution in [3.8, 4) is 5.75 Å². The van der Waals surface area contributed by atoms with Gasteiger partial charge in [0.25, 0.3) is 0 Å². The topological polar surface area (TPSA) is 35.2 Å². The van der Waals surface area contributed by atoms with Gasteiger partial charge in [0.2, 0.25) is 0 Å². The molecule has 0 aliphatic heterocycles. The Morgan fingerprint density at radius 2 is 1.43 bits per heavy atom. The summed E-state index contributed by atoms with van der Waals surface area (Å²) in [4.78, 5) is 0. The van der Waals surface area contributed by atoms with E-state index in [1.807, 2.05) is 12.1 Å². The summed E-state index contributed by atoms with van der Waals surface area (Å²) in [6, 6.07) is 16.8. The number of hydrogen-bond acceptors (Lipinski definition) is 2. The molecule has 0 radical (unpaired) electrons. The van der Waals surface area contributed by atoms with Gasteiger partial charge >= 0.3 is 0 Å². The van der Waals surface area contributed by atoms with Crippen LogP contribution in [0.3, 0.4) is 0 Å². The van der Waals surface area contributed by atoms with E-state index >= 15 is 0 Å². The standard InChI is InChI=1S/C19H25NO/c1-19(2,3)17-8-4-16(5-9-17)14-21-18-10-6-15(7-11-18)12-13-20/h4-11H,12-14,20H2,1-3H3. The van der Waals surface area contributed by atoms with Gasteiger partial charge in [-0.15, -0.1) is 0 Å². The van der Waals surface area contributed by atoms with Crippen LogP contribution in [0.5, 0.6) is 5.75 Å². The van der Waals surface area contributed by atoms with E-state index in [1.54, 1.807) is 0 Å². The van der Waals surface area contributed by atoms with Crippen molar-refractivity contribution in [2.45, 2.75) is 39.2 Å². The largest absolute Gasteiger partial charge is 0.489 e. The lowest BCUT2D eigenvalue weighted by molar-refractivity contribution is 0.306. The minimum Gasteiger partial charge on any atom is -0.489 e. The molecule has 0 heterocycles. The molecule has 0 saturated heterocycles. The minimum absolute atomic E-state index is 0.193. The van der Waals surface area contributed by atoms with Crippen LogP contribution in [0.2, 0.25) is 0 Å². The molecular formula is C19H25NO. The van der Waals surface area contributed by atoms with Crippen molar-refractivity contribution < 1.29 is 4.74 Å². The third kappa shape index (κ3) is 4.61. The zero-order chi connectivity index (χ0) is 15.3. The van der Waals surface area contributed by atoms with E-state index in [9.17, 15) is 0 Å². The molecule has 0 amide bonds. The smallest absolute Gasteiger partial charge is 0.119 e. The fourth-order valence-corrected chi connectivity index (χ4v) is 2.19. The molecule has 0 spiro atoms. The number of hydrogen-bond donors (Lipinski definition) is 1. The first kappa shape index (κ1) is 15.6. The zero-order valence-corrected chi connectivity index (χ0v) is 13.2. The van der Waals surface area contributed by atoms with Crippen LogP contribution in [0.1, 0.15) is 37.5 Å². The van der Waals surface area contributed by atoms with Crippen molar-refractivity contribution in [3.63, 3.8) is 0 Å². The number of benzene rings is 2. The number of ether oxygens (including phenoxy) is 1. The van der Waals surface area contributed by atoms with Crippen molar-refractivity contribution in [3.05, 3.63) is 65.2 Å². The van der Waals surface area contributed by atoms with Crippen molar-refractivity contribution in [1.82, 2.24) is 0 Å². The fraction of sp³-hybridized carbons (Fsp3) is 0.368. The second-order valence-electron chi connectivity index (χ2n) is 6.42. The average Bonchev–Trinajstić information content (AvgIpc) is 2.46. The Hall–Kier alpha value is -1.80. The highest BCUT2D eigenvalue weighted by molar-refractivity contribution is 5.29. The molecule has 0 saturated carbocycles. The third-order valence-electron chi connectivity index (χ3n) is 3.58. The van der Waals surface area contributed by atoms with Gasteiger partial charge in [-0.25, -0.2) is 0 Å². The molecule has 0 aliphatic rings. The molecule has 0 aliphatic carbocycles. The highest BCUT2D eigenvalue weighted by Crippen LogP contribution is 2.22. The molecule has 112 valence electrons. The predicted octanol–water partition coefficient (Wildman–Crippen LogP) is 4.06. The lowest BCUT2D eigenvalue weighted by Gasteiger charge is -2.19. The van der Waals surface area contributed by atoms with E-state index in [2.05, 4.69) is 57.2 Å². The van der Waals surface area contributed by atoms with Gasteiger partial charge < -0.3 is 10.5 Å². The molecule has 0 bridgehead atoms. The van der Waals surface area contributed by atoms with Crippen molar-refractivity contribution in [1.29, 1.82) is 0 Å². The van der Waals surface area contributed by atoms with E-state index in [0.29, 0.717) is 13.2 Å². The van der Waals surface area contributed by atoms with Gasteiger partial charge in [-0.1, -0.05) is 57.2 Å². The van der Waals surface area contributed by atoms with E-state index in [-0.39, 0.29) is 5.41 Å². The maximum atomic E-state index is 5.82. The van der Waals surface area contributed by atoms with Crippen LogP contribution in [-0.2, 0) is 18.4 Å². The molecule has 0 atom stereocenters. The summed E-state index contributed by atoms with van der Waals surface area (Å²) in [5.41, 5.74) is 9.52. The van der Waals surface area contributed by atoms with Crippen molar-refractivity contribution in [2.24, 2.45) is 5.73 Å². The Labute approximate surface area is 127 Å². The summed E-state index contributed by atoms with van der Waals surface area (Å²) in [6.45, 7) is 7.95. The second kappa shape index (κ2) is 6.77. The monoisotopic (exact) mass is 283 g/mol. The Balaban J connectivity index is 1.93. The summed E-state index contributed by atoms with van der Waals surface area (Å²) in [7, 11) is 0. The van der Waals surface area contributed by atoms with Gasteiger partial charge in [0.1, 0.15) is 12.4 Å². The zero-order valence-electron chi connectivity index (χ0n) is 13.2. The van der Waals surface area contributed by atoms with Crippen LogP contribution >= 0.6 is 0 Å². The number of nitrogens with two attached hydrogens (primary N) is 1. The summed E-state index contributed by atoms with van der Waals surface area (Å²) in [6.07, 6.45) is 0.911. The lowest BCUT2D eigenvalue weighted by Crippen LogP contribution is -2.10. The molecule has 0 unspecified atom stereocenters. The summed E-state index contributed by atoms with van der Waals surface area (Å²) in [5, 5.41) is 0. The maximum Gasteiger partial charge on any atom is 0.119 e. The summed E-state index contributed by atoms with van der Waals surface area (Å²) in [5.74, 6) is 0.899. The first-order valence-corrected chi connectivity index (χ1v) is 7.50. The van der Waals surface area contributed by atoms with E-state index in [0.717, 1.165) is 12.2 Å². The Bertz CT molecular complexity index is 550. The minimum atomic E-state index is 0.193. The molecule has 0 fully saturated rings. The van der Waals surface area contributed by atoms with Gasteiger partial charge in [0.15, 0.2) is 0 Å². The Kier molecular flexibility index (Phi) is 5.03. The van der Waals surface area contributed by atoms with Crippen LogP contribution in [0.15, 0.2) is 48.5 Å². The highest BCUT2D eigenvalue weighted by Gasteiger charge is 2.12. The van der Waals surface area contributed by atoms with Crippen LogP contribution in [0, 0.1) is 0 Å². The van der Waals surface area contributed by atoms with Crippen LogP contribution in [0.25, 0.3) is 0 Å². The molecule has 2 nitrogen and oxygen atoms in total. The van der Waals surface area contributed by atoms with Crippen LogP contribution in [0.4, 0.5) is 0 Å². The molecule has 2 heteroatoms. The molecule has 2 rings (SSSR count). The van der Waals surface area contributed by atoms with Crippen LogP contribution < -0.4 is 10.5 Å². The first-order chi connectivity index (χ1) is 9.99. The van der Waals surface area contributed by atoms with Crippen LogP contribution in [-0.4, -0.2) is 6.54 Å². The molecule has 0 aromatic heterocycles. The first-order valence-electron chi connectivity index (χ1n) is 7.50. The fourth-order valence-electron chi connectivity index (χ4n) is 2.19. The molecule has 2 aromatic rings. The molecule has 21 heavy (non-hydrogen) atoms. The second-order valence-corrected chi connectivity index (χ2v) is 6.42. The highest BCUT2D eigenvalue weighted by atomic mass is 16.5. The van der Waals surface area contributed by atoms with Gasteiger partial charge in [-0.05, 0) is 47.2 Å². The SMILES string of the molecule is CC(C)(C)c1ccc(COc2ccc(CCN)cc2)cc1. The van der Waals surface area contributed by atoms with Crippen molar-refractivity contribution in [2.75, 3.05) is 6.54 Å². The van der Waals surface area contributed by atoms with Gasteiger partial charge in [-0.2, -0.15) is 0 Å². The number of rotatable bonds is 5. The molecule has 2 N–H and O–H groups in total. The molecule has 2 aromatic carbocycles. The Morgan fingerprint density at radius 3 is 1.95 bits per heavy atom. The quantitative estimate of drug-likeness (QED) is 0.898. The average molecular weight is 283 g/mol. The van der Waals surface area contributed by atoms with E-state index in [4.69, 9.17) is 10.5 Å². The predicted molar refractivity (Wildman–Crippen MR) is 88.7 cm³/mol. The summed E-state index contributed by atoms with van der Waals surface area (Å²) >= 11 is 0.